The molecule has 122 valence electrons. The highest BCUT2D eigenvalue weighted by Crippen LogP contribution is 2.30. The Morgan fingerprint density at radius 1 is 1.08 bits per heavy atom. The molecule has 0 radical (unpaired) electrons. The first kappa shape index (κ1) is 16.7. The molecule has 0 saturated carbocycles. The van der Waals surface area contributed by atoms with Crippen LogP contribution in [0.4, 0.5) is 5.69 Å². The third-order valence-electron chi connectivity index (χ3n) is 3.42. The summed E-state index contributed by atoms with van der Waals surface area (Å²) in [4.78, 5) is 12.5. The minimum absolute atomic E-state index is 0.0452. The maximum atomic E-state index is 12.5. The molecule has 0 saturated heterocycles. The van der Waals surface area contributed by atoms with Crippen LogP contribution in [-0.4, -0.2) is 21.4 Å². The lowest BCUT2D eigenvalue weighted by atomic mass is 10.0. The molecule has 0 spiro atoms. The number of anilines is 1. The SMILES string of the molecule is Cc1nnc(S[C@@H](C)C(=O)Nc2ccccc2-c2ccccc2)s1. The molecule has 2 aromatic carbocycles. The lowest BCUT2D eigenvalue weighted by Gasteiger charge is -2.14. The standard InChI is InChI=1S/C18H17N3OS2/c1-12(23-18-21-20-13(2)24-18)17(22)19-16-11-7-6-10-15(16)14-8-4-3-5-9-14/h3-12H,1-2H3,(H,19,22)/t12-/m0/s1. The molecular formula is C18H17N3OS2. The molecule has 1 heterocycles. The van der Waals surface area contributed by atoms with E-state index < -0.39 is 0 Å². The van der Waals surface area contributed by atoms with E-state index in [9.17, 15) is 4.79 Å². The summed E-state index contributed by atoms with van der Waals surface area (Å²) < 4.78 is 0.812. The van der Waals surface area contributed by atoms with Gasteiger partial charge in [-0.3, -0.25) is 4.79 Å². The van der Waals surface area contributed by atoms with Gasteiger partial charge in [0.15, 0.2) is 4.34 Å². The molecule has 0 bridgehead atoms. The topological polar surface area (TPSA) is 54.9 Å². The number of hydrogen-bond acceptors (Lipinski definition) is 5. The number of rotatable bonds is 5. The van der Waals surface area contributed by atoms with Crippen molar-refractivity contribution in [1.29, 1.82) is 0 Å². The minimum atomic E-state index is -0.249. The summed E-state index contributed by atoms with van der Waals surface area (Å²) in [5, 5.41) is 11.7. The number of aryl methyl sites for hydroxylation is 1. The molecule has 1 N–H and O–H groups in total. The maximum absolute atomic E-state index is 12.5. The molecule has 1 aromatic heterocycles. The highest BCUT2D eigenvalue weighted by Gasteiger charge is 2.18. The van der Waals surface area contributed by atoms with Crippen LogP contribution in [0.3, 0.4) is 0 Å². The van der Waals surface area contributed by atoms with Gasteiger partial charge < -0.3 is 5.32 Å². The lowest BCUT2D eigenvalue weighted by Crippen LogP contribution is -2.22. The lowest BCUT2D eigenvalue weighted by molar-refractivity contribution is -0.115. The van der Waals surface area contributed by atoms with E-state index in [4.69, 9.17) is 0 Å². The molecule has 1 atom stereocenters. The van der Waals surface area contributed by atoms with Crippen LogP contribution in [0.15, 0.2) is 58.9 Å². The summed E-state index contributed by atoms with van der Waals surface area (Å²) in [7, 11) is 0. The molecule has 24 heavy (non-hydrogen) atoms. The zero-order valence-corrected chi connectivity index (χ0v) is 15.0. The number of carbonyl (C=O) groups is 1. The number of thioether (sulfide) groups is 1. The van der Waals surface area contributed by atoms with E-state index in [1.165, 1.54) is 23.1 Å². The highest BCUT2D eigenvalue weighted by molar-refractivity contribution is 8.02. The quantitative estimate of drug-likeness (QED) is 0.678. The van der Waals surface area contributed by atoms with E-state index in [2.05, 4.69) is 15.5 Å². The Bertz CT molecular complexity index is 833. The van der Waals surface area contributed by atoms with Crippen molar-refractivity contribution in [2.24, 2.45) is 0 Å². The van der Waals surface area contributed by atoms with Crippen LogP contribution in [0.25, 0.3) is 11.1 Å². The van der Waals surface area contributed by atoms with Crippen molar-refractivity contribution in [2.75, 3.05) is 5.32 Å². The number of benzene rings is 2. The number of nitrogens with zero attached hydrogens (tertiary/aromatic N) is 2. The first-order valence-electron chi connectivity index (χ1n) is 7.55. The second kappa shape index (κ2) is 7.59. The zero-order valence-electron chi connectivity index (χ0n) is 13.4. The number of carbonyl (C=O) groups excluding carboxylic acids is 1. The summed E-state index contributed by atoms with van der Waals surface area (Å²) >= 11 is 2.93. The van der Waals surface area contributed by atoms with Gasteiger partial charge in [0.05, 0.1) is 5.25 Å². The Balaban J connectivity index is 1.75. The number of aromatic nitrogens is 2. The molecular weight excluding hydrogens is 338 g/mol. The van der Waals surface area contributed by atoms with Crippen LogP contribution in [0.1, 0.15) is 11.9 Å². The first-order valence-corrected chi connectivity index (χ1v) is 9.25. The molecule has 0 unspecified atom stereocenters. The predicted octanol–water partition coefficient (Wildman–Crippen LogP) is 4.63. The van der Waals surface area contributed by atoms with Crippen LogP contribution in [0.2, 0.25) is 0 Å². The van der Waals surface area contributed by atoms with Gasteiger partial charge in [-0.25, -0.2) is 0 Å². The number of para-hydroxylation sites is 1. The van der Waals surface area contributed by atoms with Gasteiger partial charge in [-0.1, -0.05) is 71.6 Å². The third kappa shape index (κ3) is 4.01. The Hall–Kier alpha value is -2.18. The summed E-state index contributed by atoms with van der Waals surface area (Å²) in [6.07, 6.45) is 0. The van der Waals surface area contributed by atoms with Crippen LogP contribution < -0.4 is 5.32 Å². The van der Waals surface area contributed by atoms with Gasteiger partial charge in [-0.15, -0.1) is 10.2 Å². The van der Waals surface area contributed by atoms with Crippen molar-refractivity contribution in [2.45, 2.75) is 23.4 Å². The van der Waals surface area contributed by atoms with E-state index in [0.717, 1.165) is 26.2 Å². The largest absolute Gasteiger partial charge is 0.325 e. The molecule has 6 heteroatoms. The highest BCUT2D eigenvalue weighted by atomic mass is 32.2. The molecule has 0 aliphatic carbocycles. The Labute approximate surface area is 149 Å². The Kier molecular flexibility index (Phi) is 5.27. The van der Waals surface area contributed by atoms with E-state index in [0.29, 0.717) is 0 Å². The van der Waals surface area contributed by atoms with E-state index in [1.807, 2.05) is 68.4 Å². The molecule has 4 nitrogen and oxygen atoms in total. The number of nitrogens with one attached hydrogen (secondary N) is 1. The normalized spacial score (nSPS) is 11.9. The van der Waals surface area contributed by atoms with Crippen molar-refractivity contribution >= 4 is 34.7 Å². The fourth-order valence-electron chi connectivity index (χ4n) is 2.23. The van der Waals surface area contributed by atoms with Gasteiger partial charge in [0.2, 0.25) is 5.91 Å². The van der Waals surface area contributed by atoms with Gasteiger partial charge >= 0.3 is 0 Å². The average molecular weight is 355 g/mol. The van der Waals surface area contributed by atoms with Gasteiger partial charge in [0.25, 0.3) is 0 Å². The van der Waals surface area contributed by atoms with E-state index >= 15 is 0 Å². The smallest absolute Gasteiger partial charge is 0.237 e. The fraction of sp³-hybridized carbons (Fsp3) is 0.167. The summed E-state index contributed by atoms with van der Waals surface area (Å²) in [5.74, 6) is -0.0452. The molecule has 3 rings (SSSR count). The van der Waals surface area contributed by atoms with Gasteiger partial charge in [-0.2, -0.15) is 0 Å². The monoisotopic (exact) mass is 355 g/mol. The summed E-state index contributed by atoms with van der Waals surface area (Å²) in [6.45, 7) is 3.78. The van der Waals surface area contributed by atoms with Crippen molar-refractivity contribution in [3.8, 4) is 11.1 Å². The second-order valence-electron chi connectivity index (χ2n) is 5.25. The van der Waals surface area contributed by atoms with Crippen molar-refractivity contribution in [3.63, 3.8) is 0 Å². The Morgan fingerprint density at radius 3 is 2.50 bits per heavy atom. The molecule has 0 aliphatic rings. The van der Waals surface area contributed by atoms with Crippen molar-refractivity contribution in [1.82, 2.24) is 10.2 Å². The molecule has 3 aromatic rings. The molecule has 0 fully saturated rings. The second-order valence-corrected chi connectivity index (χ2v) is 8.02. The van der Waals surface area contributed by atoms with Crippen LogP contribution in [-0.2, 0) is 4.79 Å². The van der Waals surface area contributed by atoms with E-state index in [-0.39, 0.29) is 11.2 Å². The molecule has 1 amide bonds. The van der Waals surface area contributed by atoms with Gasteiger partial charge in [0.1, 0.15) is 5.01 Å². The van der Waals surface area contributed by atoms with Gasteiger partial charge in [-0.05, 0) is 25.5 Å². The minimum Gasteiger partial charge on any atom is -0.325 e. The van der Waals surface area contributed by atoms with Crippen LogP contribution >= 0.6 is 23.1 Å². The van der Waals surface area contributed by atoms with Crippen LogP contribution in [0, 0.1) is 6.92 Å². The first-order chi connectivity index (χ1) is 11.6. The average Bonchev–Trinajstić information content (AvgIpc) is 3.01. The van der Waals surface area contributed by atoms with E-state index in [1.54, 1.807) is 0 Å². The van der Waals surface area contributed by atoms with Crippen molar-refractivity contribution in [3.05, 3.63) is 59.6 Å². The van der Waals surface area contributed by atoms with Crippen LogP contribution in [0.5, 0.6) is 0 Å². The van der Waals surface area contributed by atoms with Gasteiger partial charge in [0, 0.05) is 11.3 Å². The number of hydrogen-bond donors (Lipinski definition) is 1. The maximum Gasteiger partial charge on any atom is 0.237 e. The third-order valence-corrected chi connectivity index (χ3v) is 5.45. The molecule has 0 aliphatic heterocycles. The zero-order chi connectivity index (χ0) is 16.9. The fourth-order valence-corrected chi connectivity index (χ4v) is 4.19. The van der Waals surface area contributed by atoms with Crippen molar-refractivity contribution < 1.29 is 4.79 Å². The number of amides is 1. The predicted molar refractivity (Wildman–Crippen MR) is 100 cm³/mol. The summed E-state index contributed by atoms with van der Waals surface area (Å²) in [5.41, 5.74) is 2.90. The summed E-state index contributed by atoms with van der Waals surface area (Å²) in [6, 6.07) is 17.9. The Morgan fingerprint density at radius 2 is 1.79 bits per heavy atom.